The first kappa shape index (κ1) is 22.2. The van der Waals surface area contributed by atoms with Crippen LogP contribution in [0.1, 0.15) is 17.2 Å². The fraction of sp³-hybridized carbons (Fsp3) is 0.0870. The van der Waals surface area contributed by atoms with E-state index >= 15 is 0 Å². The van der Waals surface area contributed by atoms with Crippen molar-refractivity contribution in [3.63, 3.8) is 0 Å². The van der Waals surface area contributed by atoms with Crippen LogP contribution in [0.2, 0.25) is 0 Å². The van der Waals surface area contributed by atoms with Gasteiger partial charge in [-0.2, -0.15) is 0 Å². The zero-order chi connectivity index (χ0) is 23.8. The molecule has 2 heterocycles. The highest BCUT2D eigenvalue weighted by atomic mass is 32.2. The number of primary sulfonamides is 1. The Labute approximate surface area is 189 Å². The number of sulfonamides is 1. The van der Waals surface area contributed by atoms with Crippen molar-refractivity contribution in [2.45, 2.75) is 10.9 Å². The second-order valence-corrected chi connectivity index (χ2v) is 8.78. The summed E-state index contributed by atoms with van der Waals surface area (Å²) in [6.45, 7) is 0. The largest absolute Gasteiger partial charge is 0.507 e. The number of hydrogen-bond donors (Lipinski definition) is 2. The molecule has 3 aromatic rings. The number of aliphatic hydroxyl groups is 1. The molecule has 1 amide bonds. The van der Waals surface area contributed by atoms with E-state index in [1.165, 1.54) is 48.7 Å². The van der Waals surface area contributed by atoms with Gasteiger partial charge in [-0.25, -0.2) is 13.6 Å². The molecule has 168 valence electrons. The molecule has 3 N–H and O–H groups in total. The molecule has 10 heteroatoms. The van der Waals surface area contributed by atoms with Crippen LogP contribution >= 0.6 is 0 Å². The van der Waals surface area contributed by atoms with Crippen molar-refractivity contribution >= 4 is 33.2 Å². The van der Waals surface area contributed by atoms with Crippen molar-refractivity contribution < 1.29 is 27.9 Å². The summed E-state index contributed by atoms with van der Waals surface area (Å²) >= 11 is 0. The topological polar surface area (TPSA) is 140 Å². The molecular weight excluding hydrogens is 446 g/mol. The Kier molecular flexibility index (Phi) is 5.71. The molecular formula is C23H19N3O6S. The number of benzene rings is 2. The quantitative estimate of drug-likeness (QED) is 0.335. The van der Waals surface area contributed by atoms with E-state index in [-0.39, 0.29) is 21.9 Å². The van der Waals surface area contributed by atoms with Gasteiger partial charge in [0.2, 0.25) is 10.0 Å². The molecule has 1 atom stereocenters. The lowest BCUT2D eigenvalue weighted by Gasteiger charge is -2.25. The number of ketones is 1. The summed E-state index contributed by atoms with van der Waals surface area (Å²) in [6.07, 6.45) is 3.01. The minimum atomic E-state index is -3.94. The van der Waals surface area contributed by atoms with Gasteiger partial charge in [-0.1, -0.05) is 0 Å². The van der Waals surface area contributed by atoms with Crippen LogP contribution < -0.4 is 14.8 Å². The molecule has 1 aliphatic rings. The molecule has 33 heavy (non-hydrogen) atoms. The minimum absolute atomic E-state index is 0.105. The highest BCUT2D eigenvalue weighted by Crippen LogP contribution is 2.42. The van der Waals surface area contributed by atoms with E-state index in [0.29, 0.717) is 16.9 Å². The number of hydrogen-bond acceptors (Lipinski definition) is 7. The number of aromatic nitrogens is 1. The lowest BCUT2D eigenvalue weighted by atomic mass is 9.96. The molecule has 0 radical (unpaired) electrons. The molecule has 1 aromatic heterocycles. The van der Waals surface area contributed by atoms with Crippen LogP contribution in [0.25, 0.3) is 5.76 Å². The molecule has 0 bridgehead atoms. The third kappa shape index (κ3) is 4.09. The van der Waals surface area contributed by atoms with Crippen LogP contribution in [-0.4, -0.2) is 37.3 Å². The molecule has 0 aliphatic carbocycles. The maximum atomic E-state index is 13.1. The standard InChI is InChI=1S/C23H19N3O6S/c1-32-17-6-2-15(3-7-17)21(27)19-20(14-10-12-25-13-11-14)26(23(29)22(19)28)16-4-8-18(9-5-16)33(24,30)31/h2-13,20,27H,1H3,(H2,24,30,31)/b21-19+. The molecule has 1 aliphatic heterocycles. The summed E-state index contributed by atoms with van der Waals surface area (Å²) in [5, 5.41) is 16.2. The van der Waals surface area contributed by atoms with Crippen LogP contribution in [0.3, 0.4) is 0 Å². The number of nitrogens with zero attached hydrogens (tertiary/aromatic N) is 2. The van der Waals surface area contributed by atoms with E-state index in [2.05, 4.69) is 4.98 Å². The maximum Gasteiger partial charge on any atom is 0.300 e. The highest BCUT2D eigenvalue weighted by Gasteiger charge is 2.47. The van der Waals surface area contributed by atoms with Crippen LogP contribution in [0.5, 0.6) is 5.75 Å². The molecule has 1 fully saturated rings. The van der Waals surface area contributed by atoms with E-state index in [0.717, 1.165) is 0 Å². The fourth-order valence-corrected chi connectivity index (χ4v) is 4.18. The predicted molar refractivity (Wildman–Crippen MR) is 120 cm³/mol. The van der Waals surface area contributed by atoms with Gasteiger partial charge in [-0.15, -0.1) is 0 Å². The molecule has 1 unspecified atom stereocenters. The number of nitrogens with two attached hydrogens (primary N) is 1. The summed E-state index contributed by atoms with van der Waals surface area (Å²) < 4.78 is 28.3. The fourth-order valence-electron chi connectivity index (χ4n) is 3.66. The second-order valence-electron chi connectivity index (χ2n) is 7.22. The van der Waals surface area contributed by atoms with E-state index in [9.17, 15) is 23.1 Å². The van der Waals surface area contributed by atoms with Crippen molar-refractivity contribution in [3.05, 3.63) is 89.8 Å². The number of ether oxygens (including phenoxy) is 1. The third-order valence-electron chi connectivity index (χ3n) is 5.27. The van der Waals surface area contributed by atoms with Crippen molar-refractivity contribution in [3.8, 4) is 5.75 Å². The van der Waals surface area contributed by atoms with Gasteiger partial charge in [0.1, 0.15) is 11.5 Å². The van der Waals surface area contributed by atoms with Crippen molar-refractivity contribution in [1.29, 1.82) is 0 Å². The molecule has 2 aromatic carbocycles. The third-order valence-corrected chi connectivity index (χ3v) is 6.20. The summed E-state index contributed by atoms with van der Waals surface area (Å²) in [5.41, 5.74) is 1.03. The van der Waals surface area contributed by atoms with Gasteiger partial charge in [0.25, 0.3) is 11.7 Å². The Bertz CT molecular complexity index is 1350. The van der Waals surface area contributed by atoms with Gasteiger partial charge in [0, 0.05) is 23.6 Å². The maximum absolute atomic E-state index is 13.1. The average Bonchev–Trinajstić information content (AvgIpc) is 3.09. The van der Waals surface area contributed by atoms with Crippen LogP contribution in [0.4, 0.5) is 5.69 Å². The Hall–Kier alpha value is -4.02. The van der Waals surface area contributed by atoms with Gasteiger partial charge in [0.05, 0.1) is 23.6 Å². The predicted octanol–water partition coefficient (Wildman–Crippen LogP) is 2.36. The molecule has 4 rings (SSSR count). The number of carbonyl (C=O) groups excluding carboxylic acids is 2. The Morgan fingerprint density at radius 2 is 1.61 bits per heavy atom. The van der Waals surface area contributed by atoms with Crippen LogP contribution in [-0.2, 0) is 19.6 Å². The zero-order valence-electron chi connectivity index (χ0n) is 17.4. The Morgan fingerprint density at radius 3 is 2.15 bits per heavy atom. The SMILES string of the molecule is COc1ccc(/C(O)=C2\C(=O)C(=O)N(c3ccc(S(N)(=O)=O)cc3)C2c2ccncc2)cc1. The number of Topliss-reactive ketones (excluding diaryl/α,β-unsaturated/α-hetero) is 1. The van der Waals surface area contributed by atoms with Gasteiger partial charge in [-0.05, 0) is 66.2 Å². The lowest BCUT2D eigenvalue weighted by molar-refractivity contribution is -0.132. The number of aliphatic hydroxyl groups excluding tert-OH is 1. The number of anilines is 1. The van der Waals surface area contributed by atoms with Gasteiger partial charge in [0.15, 0.2) is 0 Å². The minimum Gasteiger partial charge on any atom is -0.507 e. The molecule has 1 saturated heterocycles. The first-order chi connectivity index (χ1) is 15.7. The van der Waals surface area contributed by atoms with E-state index in [1.807, 2.05) is 0 Å². The molecule has 9 nitrogen and oxygen atoms in total. The Balaban J connectivity index is 1.89. The zero-order valence-corrected chi connectivity index (χ0v) is 18.2. The first-order valence-corrected chi connectivity index (χ1v) is 11.2. The van der Waals surface area contributed by atoms with Crippen molar-refractivity contribution in [1.82, 2.24) is 4.98 Å². The number of amides is 1. The summed E-state index contributed by atoms with van der Waals surface area (Å²) in [7, 11) is -2.43. The molecule has 0 spiro atoms. The van der Waals surface area contributed by atoms with Crippen molar-refractivity contribution in [2.75, 3.05) is 12.0 Å². The monoisotopic (exact) mass is 465 g/mol. The van der Waals surface area contributed by atoms with E-state index in [1.54, 1.807) is 36.4 Å². The van der Waals surface area contributed by atoms with Gasteiger partial charge in [-0.3, -0.25) is 19.5 Å². The summed E-state index contributed by atoms with van der Waals surface area (Å²) in [4.78, 5) is 31.2. The number of methoxy groups -OCH3 is 1. The lowest BCUT2D eigenvalue weighted by Crippen LogP contribution is -2.29. The number of rotatable bonds is 5. The van der Waals surface area contributed by atoms with Crippen molar-refractivity contribution in [2.24, 2.45) is 5.14 Å². The highest BCUT2D eigenvalue weighted by molar-refractivity contribution is 7.89. The average molecular weight is 465 g/mol. The van der Waals surface area contributed by atoms with Gasteiger partial charge >= 0.3 is 0 Å². The molecule has 0 saturated carbocycles. The summed E-state index contributed by atoms with van der Waals surface area (Å²) in [5.74, 6) is -1.52. The first-order valence-electron chi connectivity index (χ1n) is 9.70. The number of pyridine rings is 1. The van der Waals surface area contributed by atoms with E-state index in [4.69, 9.17) is 9.88 Å². The van der Waals surface area contributed by atoms with Crippen LogP contribution in [0.15, 0.2) is 83.5 Å². The Morgan fingerprint density at radius 1 is 1.00 bits per heavy atom. The smallest absolute Gasteiger partial charge is 0.300 e. The summed E-state index contributed by atoms with van der Waals surface area (Å²) in [6, 6.07) is 13.9. The second kappa shape index (κ2) is 8.49. The van der Waals surface area contributed by atoms with Crippen LogP contribution in [0, 0.1) is 0 Å². The van der Waals surface area contributed by atoms with E-state index < -0.39 is 27.8 Å². The number of carbonyl (C=O) groups is 2. The van der Waals surface area contributed by atoms with Gasteiger partial charge < -0.3 is 9.84 Å². The normalized spacial score (nSPS) is 17.9.